The minimum absolute atomic E-state index is 0.301. The number of aryl methyl sites for hydroxylation is 3. The van der Waals surface area contributed by atoms with Gasteiger partial charge in [0.25, 0.3) is 0 Å². The zero-order valence-corrected chi connectivity index (χ0v) is 26.4. The zero-order chi connectivity index (χ0) is 30.5. The molecule has 44 heavy (non-hydrogen) atoms. The van der Waals surface area contributed by atoms with E-state index >= 15 is 0 Å². The van der Waals surface area contributed by atoms with Gasteiger partial charge >= 0.3 is 0 Å². The number of benzene rings is 4. The van der Waals surface area contributed by atoms with Crippen LogP contribution in [0.4, 0.5) is 22.7 Å². The molecule has 0 N–H and O–H groups in total. The van der Waals surface area contributed by atoms with Crippen LogP contribution >= 0.6 is 0 Å². The fourth-order valence-corrected chi connectivity index (χ4v) is 5.93. The van der Waals surface area contributed by atoms with Gasteiger partial charge in [0.1, 0.15) is 0 Å². The van der Waals surface area contributed by atoms with Crippen LogP contribution in [0.5, 0.6) is 0 Å². The molecule has 6 rings (SSSR count). The standard InChI is InChI=1S/C42H42N2/c1-31-5-19-37(20-6-31)43(38-21-7-32(2)8-22-38)41-27-15-35(16-28-41)13-14-36-17-29-42(30-18-36)44(39-23-9-33(3)10-24-39)40-25-11-34(4)12-26-40/h5-17,19-21,23-29,38H,18,22,30H2,1-4H3/b14-13+. The summed E-state index contributed by atoms with van der Waals surface area (Å²) in [5.41, 5.74) is 13.9. The Labute approximate surface area is 263 Å². The molecule has 2 aliphatic carbocycles. The fourth-order valence-electron chi connectivity index (χ4n) is 5.93. The summed E-state index contributed by atoms with van der Waals surface area (Å²) in [4.78, 5) is 4.85. The molecule has 1 unspecified atom stereocenters. The summed E-state index contributed by atoms with van der Waals surface area (Å²) >= 11 is 0. The topological polar surface area (TPSA) is 6.48 Å². The third-order valence-corrected chi connectivity index (χ3v) is 8.60. The van der Waals surface area contributed by atoms with Gasteiger partial charge in [-0.2, -0.15) is 0 Å². The summed E-state index contributed by atoms with van der Waals surface area (Å²) in [6.07, 6.45) is 19.0. The van der Waals surface area contributed by atoms with Gasteiger partial charge in [-0.15, -0.1) is 0 Å². The van der Waals surface area contributed by atoms with Gasteiger partial charge in [0.05, 0.1) is 6.04 Å². The first-order valence-electron chi connectivity index (χ1n) is 15.8. The van der Waals surface area contributed by atoms with E-state index in [0.29, 0.717) is 6.04 Å². The van der Waals surface area contributed by atoms with Gasteiger partial charge < -0.3 is 9.80 Å². The van der Waals surface area contributed by atoms with Crippen LogP contribution in [0.3, 0.4) is 0 Å². The number of rotatable bonds is 8. The van der Waals surface area contributed by atoms with E-state index in [1.165, 1.54) is 61.8 Å². The highest BCUT2D eigenvalue weighted by Gasteiger charge is 2.20. The molecule has 4 aromatic rings. The zero-order valence-electron chi connectivity index (χ0n) is 26.4. The van der Waals surface area contributed by atoms with Crippen molar-refractivity contribution in [3.8, 4) is 0 Å². The minimum atomic E-state index is 0.301. The van der Waals surface area contributed by atoms with E-state index in [1.54, 1.807) is 0 Å². The van der Waals surface area contributed by atoms with Crippen LogP contribution in [-0.2, 0) is 0 Å². The number of hydrogen-bond donors (Lipinski definition) is 0. The molecule has 0 amide bonds. The Bertz CT molecular complexity index is 1680. The molecule has 0 radical (unpaired) electrons. The largest absolute Gasteiger partial charge is 0.334 e. The van der Waals surface area contributed by atoms with Crippen LogP contribution in [0.2, 0.25) is 0 Å². The van der Waals surface area contributed by atoms with Crippen molar-refractivity contribution in [2.24, 2.45) is 0 Å². The first kappa shape index (κ1) is 29.3. The minimum Gasteiger partial charge on any atom is -0.334 e. The van der Waals surface area contributed by atoms with Crippen LogP contribution < -0.4 is 9.80 Å². The lowest BCUT2D eigenvalue weighted by Gasteiger charge is -2.33. The Kier molecular flexibility index (Phi) is 8.79. The van der Waals surface area contributed by atoms with Gasteiger partial charge in [-0.3, -0.25) is 0 Å². The van der Waals surface area contributed by atoms with Crippen molar-refractivity contribution in [3.63, 3.8) is 0 Å². The first-order chi connectivity index (χ1) is 21.4. The summed E-state index contributed by atoms with van der Waals surface area (Å²) < 4.78 is 0. The van der Waals surface area contributed by atoms with Crippen molar-refractivity contribution < 1.29 is 0 Å². The second kappa shape index (κ2) is 13.2. The summed E-state index contributed by atoms with van der Waals surface area (Å²) in [5.74, 6) is 0. The summed E-state index contributed by atoms with van der Waals surface area (Å²) in [5, 5.41) is 0. The predicted molar refractivity (Wildman–Crippen MR) is 190 cm³/mol. The van der Waals surface area contributed by atoms with E-state index in [4.69, 9.17) is 0 Å². The average Bonchev–Trinajstić information content (AvgIpc) is 3.05. The molecule has 4 aromatic carbocycles. The maximum atomic E-state index is 2.45. The number of nitrogens with zero attached hydrogens (tertiary/aromatic N) is 2. The normalized spacial score (nSPS) is 16.4. The highest BCUT2D eigenvalue weighted by molar-refractivity contribution is 5.70. The van der Waals surface area contributed by atoms with Gasteiger partial charge in [-0.1, -0.05) is 107 Å². The van der Waals surface area contributed by atoms with E-state index in [9.17, 15) is 0 Å². The molecule has 1 atom stereocenters. The predicted octanol–water partition coefficient (Wildman–Crippen LogP) is 11.5. The molecule has 0 spiro atoms. The third-order valence-electron chi connectivity index (χ3n) is 8.60. The molecular weight excluding hydrogens is 532 g/mol. The van der Waals surface area contributed by atoms with E-state index in [-0.39, 0.29) is 0 Å². The van der Waals surface area contributed by atoms with Gasteiger partial charge in [-0.05, 0) is 113 Å². The second-order valence-electron chi connectivity index (χ2n) is 12.1. The SMILES string of the molecule is CC1=CCC(N(c2ccc(C)cc2)c2ccc(/C=C/C3=CC=C(N(c4ccc(C)cc4)c4ccc(C)cc4)CC3)cc2)C=C1. The molecule has 0 heterocycles. The van der Waals surface area contributed by atoms with Crippen molar-refractivity contribution in [1.29, 1.82) is 0 Å². The smallest absolute Gasteiger partial charge is 0.0560 e. The van der Waals surface area contributed by atoms with Crippen LogP contribution in [0.25, 0.3) is 6.08 Å². The molecule has 0 aromatic heterocycles. The van der Waals surface area contributed by atoms with Gasteiger partial charge in [0.15, 0.2) is 0 Å². The molecule has 2 heteroatoms. The third kappa shape index (κ3) is 6.87. The monoisotopic (exact) mass is 574 g/mol. The number of anilines is 4. The molecule has 0 saturated heterocycles. The van der Waals surface area contributed by atoms with Crippen molar-refractivity contribution in [2.75, 3.05) is 9.80 Å². The summed E-state index contributed by atoms with van der Waals surface area (Å²) in [7, 11) is 0. The Balaban J connectivity index is 1.21. The maximum Gasteiger partial charge on any atom is 0.0560 e. The molecule has 0 fully saturated rings. The Morgan fingerprint density at radius 2 is 1.09 bits per heavy atom. The Morgan fingerprint density at radius 1 is 0.568 bits per heavy atom. The molecule has 2 nitrogen and oxygen atoms in total. The Morgan fingerprint density at radius 3 is 1.57 bits per heavy atom. The van der Waals surface area contributed by atoms with E-state index in [2.05, 4.69) is 177 Å². The van der Waals surface area contributed by atoms with E-state index in [0.717, 1.165) is 19.3 Å². The lowest BCUT2D eigenvalue weighted by atomic mass is 9.99. The van der Waals surface area contributed by atoms with Crippen LogP contribution in [0.15, 0.2) is 150 Å². The van der Waals surface area contributed by atoms with Gasteiger partial charge in [0.2, 0.25) is 0 Å². The van der Waals surface area contributed by atoms with Crippen LogP contribution in [0, 0.1) is 20.8 Å². The molecule has 0 bridgehead atoms. The average molecular weight is 575 g/mol. The molecule has 2 aliphatic rings. The van der Waals surface area contributed by atoms with E-state index < -0.39 is 0 Å². The molecule has 0 saturated carbocycles. The summed E-state index contributed by atoms with van der Waals surface area (Å²) in [6.45, 7) is 8.60. The number of allylic oxidation sites excluding steroid dienone is 7. The van der Waals surface area contributed by atoms with Crippen molar-refractivity contribution in [3.05, 3.63) is 173 Å². The van der Waals surface area contributed by atoms with Gasteiger partial charge in [0, 0.05) is 28.4 Å². The highest BCUT2D eigenvalue weighted by atomic mass is 15.2. The molecular formula is C42H42N2. The van der Waals surface area contributed by atoms with Crippen molar-refractivity contribution in [1.82, 2.24) is 0 Å². The fraction of sp³-hybridized carbons (Fsp3) is 0.190. The maximum absolute atomic E-state index is 2.45. The quantitative estimate of drug-likeness (QED) is 0.206. The van der Waals surface area contributed by atoms with Crippen molar-refractivity contribution >= 4 is 28.8 Å². The van der Waals surface area contributed by atoms with Crippen molar-refractivity contribution in [2.45, 2.75) is 53.0 Å². The molecule has 0 aliphatic heterocycles. The van der Waals surface area contributed by atoms with E-state index in [1.807, 2.05) is 0 Å². The van der Waals surface area contributed by atoms with Crippen LogP contribution in [0.1, 0.15) is 48.4 Å². The van der Waals surface area contributed by atoms with Gasteiger partial charge in [-0.25, -0.2) is 0 Å². The highest BCUT2D eigenvalue weighted by Crippen LogP contribution is 2.35. The second-order valence-corrected chi connectivity index (χ2v) is 12.1. The molecule has 220 valence electrons. The lowest BCUT2D eigenvalue weighted by Crippen LogP contribution is -2.30. The van der Waals surface area contributed by atoms with Crippen LogP contribution in [-0.4, -0.2) is 6.04 Å². The number of hydrogen-bond acceptors (Lipinski definition) is 2. The first-order valence-corrected chi connectivity index (χ1v) is 15.8. The Hall–Kier alpha value is -4.82. The summed E-state index contributed by atoms with van der Waals surface area (Å²) in [6, 6.07) is 35.8. The lowest BCUT2D eigenvalue weighted by molar-refractivity contribution is 0.779.